The lowest BCUT2D eigenvalue weighted by Crippen LogP contribution is -2.21. The second-order valence-electron chi connectivity index (χ2n) is 4.35. The molecule has 0 fully saturated rings. The average molecular weight is 281 g/mol. The topological polar surface area (TPSA) is 45.8 Å². The van der Waals surface area contributed by atoms with Gasteiger partial charge in [0.25, 0.3) is 5.56 Å². The molecule has 0 spiro atoms. The zero-order valence-electron chi connectivity index (χ0n) is 10.4. The third-order valence-corrected chi connectivity index (χ3v) is 3.34. The molecule has 3 rings (SSSR count). The molecule has 1 heterocycles. The van der Waals surface area contributed by atoms with Gasteiger partial charge in [0.15, 0.2) is 0 Å². The van der Waals surface area contributed by atoms with Gasteiger partial charge in [0.2, 0.25) is 0 Å². The molecule has 0 radical (unpaired) electrons. The van der Waals surface area contributed by atoms with Crippen LogP contribution in [0.2, 0.25) is 5.02 Å². The largest absolute Gasteiger partial charge is 0.276 e. The molecule has 0 bridgehead atoms. The Morgan fingerprint density at radius 1 is 1.05 bits per heavy atom. The summed E-state index contributed by atoms with van der Waals surface area (Å²) in [5.41, 5.74) is 1.17. The Balaban J connectivity index is 2.51. The van der Waals surface area contributed by atoms with Crippen molar-refractivity contribution in [1.82, 2.24) is 4.57 Å². The number of nitrogens with zero attached hydrogens (tertiary/aromatic N) is 2. The summed E-state index contributed by atoms with van der Waals surface area (Å²) in [6, 6.07) is 18.0. The Morgan fingerprint density at radius 2 is 1.80 bits per heavy atom. The molecule has 96 valence electrons. The van der Waals surface area contributed by atoms with Crippen molar-refractivity contribution < 1.29 is 0 Å². The first kappa shape index (κ1) is 12.5. The zero-order chi connectivity index (χ0) is 14.1. The van der Waals surface area contributed by atoms with Gasteiger partial charge in [0.05, 0.1) is 5.52 Å². The summed E-state index contributed by atoms with van der Waals surface area (Å²) < 4.78 is 1.51. The first-order valence-corrected chi connectivity index (χ1v) is 6.39. The minimum atomic E-state index is -0.339. The molecular weight excluding hydrogens is 272 g/mol. The van der Waals surface area contributed by atoms with Gasteiger partial charge >= 0.3 is 0 Å². The molecule has 0 unspecified atom stereocenters. The number of nitriles is 1. The molecule has 1 aromatic heterocycles. The summed E-state index contributed by atoms with van der Waals surface area (Å²) in [7, 11) is 0. The van der Waals surface area contributed by atoms with E-state index in [4.69, 9.17) is 16.9 Å². The molecule has 0 amide bonds. The number of hydrogen-bond donors (Lipinski definition) is 0. The summed E-state index contributed by atoms with van der Waals surface area (Å²) in [5, 5.41) is 10.5. The van der Waals surface area contributed by atoms with Crippen molar-refractivity contribution in [3.05, 3.63) is 75.5 Å². The third kappa shape index (κ3) is 1.97. The average Bonchev–Trinajstić information content (AvgIpc) is 2.47. The predicted octanol–water partition coefficient (Wildman–Crippen LogP) is 3.52. The fraction of sp³-hybridized carbons (Fsp3) is 0. The van der Waals surface area contributed by atoms with Gasteiger partial charge in [-0.1, -0.05) is 35.9 Å². The van der Waals surface area contributed by atoms with Gasteiger partial charge < -0.3 is 0 Å². The van der Waals surface area contributed by atoms with E-state index in [2.05, 4.69) is 0 Å². The first-order valence-electron chi connectivity index (χ1n) is 6.01. The van der Waals surface area contributed by atoms with E-state index in [1.165, 1.54) is 4.57 Å². The Hall–Kier alpha value is -2.57. The van der Waals surface area contributed by atoms with Gasteiger partial charge in [-0.25, -0.2) is 0 Å². The molecular formula is C16H9ClN2O. The molecule has 0 saturated heterocycles. The molecule has 20 heavy (non-hydrogen) atoms. The zero-order valence-corrected chi connectivity index (χ0v) is 11.1. The standard InChI is InChI=1S/C16H9ClN2O/c17-13-7-6-11-8-12(10-18)16(20)19(15(11)9-13)14-4-2-1-3-5-14/h1-9H. The van der Waals surface area contributed by atoms with E-state index in [0.717, 1.165) is 5.39 Å². The van der Waals surface area contributed by atoms with E-state index in [1.54, 1.807) is 24.3 Å². The van der Waals surface area contributed by atoms with Gasteiger partial charge in [-0.05, 0) is 30.3 Å². The number of benzene rings is 2. The van der Waals surface area contributed by atoms with E-state index >= 15 is 0 Å². The van der Waals surface area contributed by atoms with E-state index in [1.807, 2.05) is 36.4 Å². The van der Waals surface area contributed by atoms with Crippen LogP contribution in [0, 0.1) is 11.3 Å². The number of hydrogen-bond acceptors (Lipinski definition) is 2. The SMILES string of the molecule is N#Cc1cc2ccc(Cl)cc2n(-c2ccccc2)c1=O. The van der Waals surface area contributed by atoms with E-state index in [9.17, 15) is 4.79 Å². The Morgan fingerprint density at radius 3 is 2.50 bits per heavy atom. The predicted molar refractivity (Wildman–Crippen MR) is 79.3 cm³/mol. The molecule has 0 aliphatic carbocycles. The molecule has 0 aliphatic heterocycles. The normalized spacial score (nSPS) is 10.4. The lowest BCUT2D eigenvalue weighted by atomic mass is 10.1. The fourth-order valence-electron chi connectivity index (χ4n) is 2.19. The smallest absolute Gasteiger partial charge is 0.273 e. The van der Waals surface area contributed by atoms with Crippen molar-refractivity contribution in [3.8, 4) is 11.8 Å². The molecule has 0 aliphatic rings. The molecule has 3 nitrogen and oxygen atoms in total. The van der Waals surface area contributed by atoms with Gasteiger partial charge in [-0.2, -0.15) is 5.26 Å². The number of rotatable bonds is 1. The van der Waals surface area contributed by atoms with Crippen LogP contribution in [0.1, 0.15) is 5.56 Å². The molecule has 0 atom stereocenters. The number of fused-ring (bicyclic) bond motifs is 1. The van der Waals surface area contributed by atoms with E-state index in [0.29, 0.717) is 16.2 Å². The number of pyridine rings is 1. The summed E-state index contributed by atoms with van der Waals surface area (Å²) in [5.74, 6) is 0. The molecule has 3 aromatic rings. The minimum Gasteiger partial charge on any atom is -0.276 e. The number of aromatic nitrogens is 1. The molecule has 0 saturated carbocycles. The lowest BCUT2D eigenvalue weighted by molar-refractivity contribution is 1.03. The Bertz CT molecular complexity index is 892. The van der Waals surface area contributed by atoms with Crippen LogP contribution in [0.3, 0.4) is 0 Å². The van der Waals surface area contributed by atoms with Crippen LogP contribution in [0.15, 0.2) is 59.4 Å². The second-order valence-corrected chi connectivity index (χ2v) is 4.79. The van der Waals surface area contributed by atoms with Crippen LogP contribution in [0.5, 0.6) is 0 Å². The third-order valence-electron chi connectivity index (χ3n) is 3.10. The highest BCUT2D eigenvalue weighted by molar-refractivity contribution is 6.31. The molecule has 4 heteroatoms. The monoisotopic (exact) mass is 280 g/mol. The van der Waals surface area contributed by atoms with Crippen LogP contribution in [-0.4, -0.2) is 4.57 Å². The van der Waals surface area contributed by atoms with Gasteiger partial charge in [-0.3, -0.25) is 9.36 Å². The highest BCUT2D eigenvalue weighted by Gasteiger charge is 2.10. The van der Waals surface area contributed by atoms with Crippen LogP contribution in [-0.2, 0) is 0 Å². The lowest BCUT2D eigenvalue weighted by Gasteiger charge is -2.11. The summed E-state index contributed by atoms with van der Waals surface area (Å²) in [4.78, 5) is 12.4. The van der Waals surface area contributed by atoms with Gasteiger partial charge in [0, 0.05) is 16.1 Å². The summed E-state index contributed by atoms with van der Waals surface area (Å²) in [6.07, 6.45) is 0. The van der Waals surface area contributed by atoms with Crippen molar-refractivity contribution in [2.75, 3.05) is 0 Å². The van der Waals surface area contributed by atoms with Gasteiger partial charge in [-0.15, -0.1) is 0 Å². The van der Waals surface area contributed by atoms with Crippen LogP contribution in [0.4, 0.5) is 0 Å². The highest BCUT2D eigenvalue weighted by atomic mass is 35.5. The minimum absolute atomic E-state index is 0.115. The summed E-state index contributed by atoms with van der Waals surface area (Å²) >= 11 is 6.02. The maximum Gasteiger partial charge on any atom is 0.273 e. The van der Waals surface area contributed by atoms with Crippen molar-refractivity contribution in [3.63, 3.8) is 0 Å². The summed E-state index contributed by atoms with van der Waals surface area (Å²) in [6.45, 7) is 0. The second kappa shape index (κ2) is 4.84. The van der Waals surface area contributed by atoms with Crippen molar-refractivity contribution in [2.45, 2.75) is 0 Å². The van der Waals surface area contributed by atoms with E-state index in [-0.39, 0.29) is 11.1 Å². The number of halogens is 1. The first-order chi connectivity index (χ1) is 9.70. The maximum absolute atomic E-state index is 12.4. The maximum atomic E-state index is 12.4. The number of para-hydroxylation sites is 1. The van der Waals surface area contributed by atoms with Crippen LogP contribution >= 0.6 is 11.6 Å². The van der Waals surface area contributed by atoms with Crippen molar-refractivity contribution in [2.24, 2.45) is 0 Å². The van der Waals surface area contributed by atoms with E-state index < -0.39 is 0 Å². The Kier molecular flexibility index (Phi) is 3.02. The van der Waals surface area contributed by atoms with Crippen molar-refractivity contribution >= 4 is 22.5 Å². The Labute approximate surface area is 120 Å². The van der Waals surface area contributed by atoms with Crippen LogP contribution in [0.25, 0.3) is 16.6 Å². The molecule has 0 N–H and O–H groups in total. The van der Waals surface area contributed by atoms with Gasteiger partial charge in [0.1, 0.15) is 11.6 Å². The quantitative estimate of drug-likeness (QED) is 0.685. The van der Waals surface area contributed by atoms with Crippen LogP contribution < -0.4 is 5.56 Å². The molecule has 2 aromatic carbocycles. The fourth-order valence-corrected chi connectivity index (χ4v) is 2.36. The van der Waals surface area contributed by atoms with Crippen molar-refractivity contribution in [1.29, 1.82) is 5.26 Å². The highest BCUT2D eigenvalue weighted by Crippen LogP contribution is 2.21.